The van der Waals surface area contributed by atoms with Crippen LogP contribution in [0.3, 0.4) is 0 Å². The third-order valence-electron chi connectivity index (χ3n) is 4.75. The number of nitrogens with one attached hydrogen (secondary N) is 1. The normalized spacial score (nSPS) is 10.6. The lowest BCUT2D eigenvalue weighted by atomic mass is 9.98. The Balaban J connectivity index is 1.71. The maximum atomic E-state index is 3.16. The van der Waals surface area contributed by atoms with Gasteiger partial charge in [-0.05, 0) is 52.8 Å². The number of rotatable bonds is 7. The van der Waals surface area contributed by atoms with E-state index < -0.39 is 0 Å². The fourth-order valence-electron chi connectivity index (χ4n) is 3.13. The topological polar surface area (TPSA) is 12.0 Å². The van der Waals surface area contributed by atoms with Gasteiger partial charge in [-0.15, -0.1) is 0 Å². The minimum atomic E-state index is 1.14. The van der Waals surface area contributed by atoms with Crippen molar-refractivity contribution in [1.29, 1.82) is 0 Å². The smallest absolute Gasteiger partial charge is 0.0337 e. The average Bonchev–Trinajstić information content (AvgIpc) is 2.69. The van der Waals surface area contributed by atoms with E-state index in [1.54, 1.807) is 0 Å². The number of hydrogen-bond donors (Lipinski definition) is 1. The van der Waals surface area contributed by atoms with Crippen LogP contribution in [0.2, 0.25) is 0 Å². The summed E-state index contributed by atoms with van der Waals surface area (Å²) in [5.41, 5.74) is 7.64. The van der Waals surface area contributed by atoms with Crippen molar-refractivity contribution in [3.05, 3.63) is 78.4 Å². The van der Waals surface area contributed by atoms with Gasteiger partial charge in [0.15, 0.2) is 0 Å². The summed E-state index contributed by atoms with van der Waals surface area (Å²) in [4.78, 5) is 0. The van der Waals surface area contributed by atoms with Crippen LogP contribution in [-0.4, -0.2) is 7.05 Å². The Morgan fingerprint density at radius 1 is 0.600 bits per heavy atom. The lowest BCUT2D eigenvalue weighted by Gasteiger charge is -2.07. The molecule has 0 amide bonds. The van der Waals surface area contributed by atoms with Gasteiger partial charge in [0.1, 0.15) is 0 Å². The van der Waals surface area contributed by atoms with Crippen LogP contribution in [0.5, 0.6) is 0 Å². The van der Waals surface area contributed by atoms with Crippen LogP contribution in [-0.2, 0) is 6.42 Å². The third-order valence-corrected chi connectivity index (χ3v) is 4.75. The summed E-state index contributed by atoms with van der Waals surface area (Å²) in [6, 6.07) is 26.4. The largest absolute Gasteiger partial charge is 0.388 e. The van der Waals surface area contributed by atoms with Crippen molar-refractivity contribution >= 4 is 5.69 Å². The second-order valence-electron chi connectivity index (χ2n) is 6.56. The summed E-state index contributed by atoms with van der Waals surface area (Å²) < 4.78 is 0. The van der Waals surface area contributed by atoms with E-state index in [1.807, 2.05) is 7.05 Å². The van der Waals surface area contributed by atoms with E-state index >= 15 is 0 Å². The molecule has 0 bridgehead atoms. The van der Waals surface area contributed by atoms with Crippen LogP contribution in [0.15, 0.2) is 72.8 Å². The molecule has 128 valence electrons. The lowest BCUT2D eigenvalue weighted by Crippen LogP contribution is -1.87. The van der Waals surface area contributed by atoms with E-state index in [9.17, 15) is 0 Å². The van der Waals surface area contributed by atoms with Crippen molar-refractivity contribution in [3.8, 4) is 22.3 Å². The monoisotopic (exact) mass is 329 g/mol. The highest BCUT2D eigenvalue weighted by molar-refractivity contribution is 5.71. The van der Waals surface area contributed by atoms with Gasteiger partial charge in [0.05, 0.1) is 0 Å². The number of hydrogen-bond acceptors (Lipinski definition) is 1. The fourth-order valence-corrected chi connectivity index (χ4v) is 3.13. The maximum Gasteiger partial charge on any atom is 0.0337 e. The minimum Gasteiger partial charge on any atom is -0.388 e. The molecule has 0 heterocycles. The van der Waals surface area contributed by atoms with Gasteiger partial charge in [0, 0.05) is 12.7 Å². The first-order valence-electron chi connectivity index (χ1n) is 9.27. The van der Waals surface area contributed by atoms with Gasteiger partial charge in [-0.1, -0.05) is 80.4 Å². The van der Waals surface area contributed by atoms with Gasteiger partial charge in [0.2, 0.25) is 0 Å². The Kier molecular flexibility index (Phi) is 5.90. The second-order valence-corrected chi connectivity index (χ2v) is 6.56. The van der Waals surface area contributed by atoms with Crippen molar-refractivity contribution in [2.24, 2.45) is 0 Å². The molecule has 0 aliphatic rings. The van der Waals surface area contributed by atoms with Gasteiger partial charge in [-0.3, -0.25) is 0 Å². The number of unbranched alkanes of at least 4 members (excludes halogenated alkanes) is 2. The molecule has 0 radical (unpaired) electrons. The van der Waals surface area contributed by atoms with Crippen molar-refractivity contribution in [1.82, 2.24) is 0 Å². The first kappa shape index (κ1) is 17.3. The summed E-state index contributed by atoms with van der Waals surface area (Å²) in [7, 11) is 1.94. The molecular formula is C24H27N. The standard InChI is InChI=1S/C24H27N/c1-3-4-5-6-19-7-9-20(10-8-19)21-11-13-22(14-12-21)23-15-17-24(25-2)18-16-23/h7-18,25H,3-6H2,1-2H3. The van der Waals surface area contributed by atoms with E-state index in [-0.39, 0.29) is 0 Å². The molecule has 3 aromatic carbocycles. The van der Waals surface area contributed by atoms with Gasteiger partial charge in [-0.2, -0.15) is 0 Å². The fraction of sp³-hybridized carbons (Fsp3) is 0.250. The van der Waals surface area contributed by atoms with Crippen LogP contribution < -0.4 is 5.32 Å². The summed E-state index contributed by atoms with van der Waals surface area (Å²) in [5, 5.41) is 3.16. The highest BCUT2D eigenvalue weighted by Crippen LogP contribution is 2.26. The van der Waals surface area contributed by atoms with Crippen molar-refractivity contribution < 1.29 is 0 Å². The third kappa shape index (κ3) is 4.51. The molecule has 0 spiro atoms. The van der Waals surface area contributed by atoms with Crippen LogP contribution >= 0.6 is 0 Å². The molecule has 0 aliphatic carbocycles. The molecule has 0 aromatic heterocycles. The van der Waals surface area contributed by atoms with E-state index in [0.29, 0.717) is 0 Å². The number of aryl methyl sites for hydroxylation is 1. The first-order valence-corrected chi connectivity index (χ1v) is 9.27. The van der Waals surface area contributed by atoms with E-state index in [1.165, 1.54) is 53.5 Å². The Morgan fingerprint density at radius 2 is 1.04 bits per heavy atom. The Bertz CT molecular complexity index is 768. The quantitative estimate of drug-likeness (QED) is 0.470. The molecule has 1 nitrogen and oxygen atoms in total. The van der Waals surface area contributed by atoms with Gasteiger partial charge >= 0.3 is 0 Å². The van der Waals surface area contributed by atoms with Gasteiger partial charge in [-0.25, -0.2) is 0 Å². The van der Waals surface area contributed by atoms with Gasteiger partial charge < -0.3 is 5.32 Å². The average molecular weight is 329 g/mol. The van der Waals surface area contributed by atoms with Crippen molar-refractivity contribution in [3.63, 3.8) is 0 Å². The van der Waals surface area contributed by atoms with Crippen molar-refractivity contribution in [2.45, 2.75) is 32.6 Å². The van der Waals surface area contributed by atoms with E-state index in [0.717, 1.165) is 5.69 Å². The zero-order chi connectivity index (χ0) is 17.5. The minimum absolute atomic E-state index is 1.14. The second kappa shape index (κ2) is 8.53. The molecule has 0 atom stereocenters. The Hall–Kier alpha value is -2.54. The molecule has 0 saturated heterocycles. The summed E-state index contributed by atoms with van der Waals surface area (Å²) in [6.07, 6.45) is 5.08. The van der Waals surface area contributed by atoms with Crippen LogP contribution in [0.4, 0.5) is 5.69 Å². The highest BCUT2D eigenvalue weighted by Gasteiger charge is 2.01. The molecule has 1 heteroatoms. The molecule has 3 aromatic rings. The SMILES string of the molecule is CCCCCc1ccc(-c2ccc(-c3ccc(NC)cc3)cc2)cc1. The zero-order valence-corrected chi connectivity index (χ0v) is 15.3. The van der Waals surface area contributed by atoms with Gasteiger partial charge in [0.25, 0.3) is 0 Å². The summed E-state index contributed by atoms with van der Waals surface area (Å²) in [6.45, 7) is 2.25. The zero-order valence-electron chi connectivity index (χ0n) is 15.3. The molecular weight excluding hydrogens is 302 g/mol. The molecule has 1 N–H and O–H groups in total. The van der Waals surface area contributed by atoms with Crippen LogP contribution in [0.1, 0.15) is 31.7 Å². The van der Waals surface area contributed by atoms with Crippen LogP contribution in [0, 0.1) is 0 Å². The predicted octanol–water partition coefficient (Wildman–Crippen LogP) is 6.80. The first-order chi connectivity index (χ1) is 12.3. The lowest BCUT2D eigenvalue weighted by molar-refractivity contribution is 0.717. The molecule has 3 rings (SSSR count). The predicted molar refractivity (Wildman–Crippen MR) is 110 cm³/mol. The molecule has 0 unspecified atom stereocenters. The molecule has 0 saturated carbocycles. The number of anilines is 1. The Morgan fingerprint density at radius 3 is 1.48 bits per heavy atom. The van der Waals surface area contributed by atoms with E-state index in [4.69, 9.17) is 0 Å². The molecule has 0 fully saturated rings. The van der Waals surface area contributed by atoms with E-state index in [2.05, 4.69) is 85.0 Å². The maximum absolute atomic E-state index is 3.16. The Labute approximate surface area is 151 Å². The molecule has 0 aliphatic heterocycles. The molecule has 25 heavy (non-hydrogen) atoms. The number of benzene rings is 3. The summed E-state index contributed by atoms with van der Waals surface area (Å²) >= 11 is 0. The highest BCUT2D eigenvalue weighted by atomic mass is 14.8. The van der Waals surface area contributed by atoms with Crippen molar-refractivity contribution in [2.75, 3.05) is 12.4 Å². The summed E-state index contributed by atoms with van der Waals surface area (Å²) in [5.74, 6) is 0. The van der Waals surface area contributed by atoms with Crippen LogP contribution in [0.25, 0.3) is 22.3 Å².